The van der Waals surface area contributed by atoms with E-state index in [1.807, 2.05) is 0 Å². The molecular weight excluding hydrogens is 148 g/mol. The highest BCUT2D eigenvalue weighted by Gasteiger charge is 2.25. The Morgan fingerprint density at radius 3 is 2.08 bits per heavy atom. The highest BCUT2D eigenvalue weighted by molar-refractivity contribution is 5.01. The third-order valence-electron chi connectivity index (χ3n) is 3.02. The minimum atomic E-state index is 0.640. The molecule has 0 unspecified atom stereocenters. The van der Waals surface area contributed by atoms with Gasteiger partial charge >= 0.3 is 0 Å². The minimum absolute atomic E-state index is 0.640. The fourth-order valence-corrected chi connectivity index (χ4v) is 1.56. The van der Waals surface area contributed by atoms with Gasteiger partial charge in [-0.2, -0.15) is 0 Å². The largest absolute Gasteiger partial charge is 0.400 e. The summed E-state index contributed by atoms with van der Waals surface area (Å²) in [6, 6.07) is 0. The summed E-state index contributed by atoms with van der Waals surface area (Å²) < 4.78 is 0. The quantitative estimate of drug-likeness (QED) is 0.599. The van der Waals surface area contributed by atoms with Crippen LogP contribution in [0.2, 0.25) is 0 Å². The predicted molar refractivity (Wildman–Crippen MR) is 54.1 cm³/mol. The second-order valence-electron chi connectivity index (χ2n) is 3.91. The standard InChI is InChI=1S/C10H18.CH4O/c1-4-10(3)7-5-9(2)6-8-10;1-2/h2,4-8H2,1,3H3;2H,1H3. The monoisotopic (exact) mass is 170 g/mol. The molecule has 1 saturated carbocycles. The fraction of sp³-hybridized carbons (Fsp3) is 0.818. The molecule has 0 atom stereocenters. The van der Waals surface area contributed by atoms with Crippen LogP contribution in [-0.4, -0.2) is 12.2 Å². The van der Waals surface area contributed by atoms with E-state index in [1.54, 1.807) is 0 Å². The zero-order valence-electron chi connectivity index (χ0n) is 8.69. The first kappa shape index (κ1) is 11.7. The van der Waals surface area contributed by atoms with Crippen LogP contribution in [-0.2, 0) is 0 Å². The lowest BCUT2D eigenvalue weighted by Crippen LogP contribution is -2.19. The molecular formula is C11H22O. The van der Waals surface area contributed by atoms with Gasteiger partial charge in [-0.05, 0) is 31.1 Å². The smallest absolute Gasteiger partial charge is 0.0319 e. The van der Waals surface area contributed by atoms with Gasteiger partial charge in [0.25, 0.3) is 0 Å². The van der Waals surface area contributed by atoms with Crippen molar-refractivity contribution in [2.45, 2.75) is 46.0 Å². The summed E-state index contributed by atoms with van der Waals surface area (Å²) in [5.74, 6) is 0. The Hall–Kier alpha value is -0.300. The van der Waals surface area contributed by atoms with Crippen molar-refractivity contribution in [2.75, 3.05) is 7.11 Å². The van der Waals surface area contributed by atoms with Crippen LogP contribution in [0, 0.1) is 5.41 Å². The van der Waals surface area contributed by atoms with E-state index in [2.05, 4.69) is 20.4 Å². The van der Waals surface area contributed by atoms with Crippen molar-refractivity contribution >= 4 is 0 Å². The fourth-order valence-electron chi connectivity index (χ4n) is 1.56. The lowest BCUT2D eigenvalue weighted by molar-refractivity contribution is 0.236. The molecule has 1 nitrogen and oxygen atoms in total. The van der Waals surface area contributed by atoms with Gasteiger partial charge in [0, 0.05) is 7.11 Å². The van der Waals surface area contributed by atoms with Crippen molar-refractivity contribution in [1.29, 1.82) is 0 Å². The van der Waals surface area contributed by atoms with Gasteiger partial charge < -0.3 is 5.11 Å². The van der Waals surface area contributed by atoms with Gasteiger partial charge in [-0.15, -0.1) is 0 Å². The van der Waals surface area contributed by atoms with Crippen LogP contribution in [0.4, 0.5) is 0 Å². The van der Waals surface area contributed by atoms with E-state index in [1.165, 1.54) is 37.7 Å². The van der Waals surface area contributed by atoms with Crippen molar-refractivity contribution in [3.05, 3.63) is 12.2 Å². The van der Waals surface area contributed by atoms with E-state index < -0.39 is 0 Å². The second-order valence-corrected chi connectivity index (χ2v) is 3.91. The first-order valence-corrected chi connectivity index (χ1v) is 4.78. The average molecular weight is 170 g/mol. The maximum Gasteiger partial charge on any atom is 0.0319 e. The Morgan fingerprint density at radius 2 is 1.75 bits per heavy atom. The van der Waals surface area contributed by atoms with Gasteiger partial charge in [-0.25, -0.2) is 0 Å². The highest BCUT2D eigenvalue weighted by Crippen LogP contribution is 2.39. The van der Waals surface area contributed by atoms with Crippen LogP contribution in [0.5, 0.6) is 0 Å². The summed E-state index contributed by atoms with van der Waals surface area (Å²) in [5.41, 5.74) is 2.10. The van der Waals surface area contributed by atoms with E-state index in [0.29, 0.717) is 5.41 Å². The second kappa shape index (κ2) is 5.36. The lowest BCUT2D eigenvalue weighted by Gasteiger charge is -2.33. The lowest BCUT2D eigenvalue weighted by atomic mass is 9.73. The van der Waals surface area contributed by atoms with Crippen LogP contribution < -0.4 is 0 Å². The van der Waals surface area contributed by atoms with Crippen LogP contribution in [0.3, 0.4) is 0 Å². The molecule has 1 aliphatic carbocycles. The zero-order valence-corrected chi connectivity index (χ0v) is 8.69. The van der Waals surface area contributed by atoms with Crippen LogP contribution in [0.15, 0.2) is 12.2 Å². The number of hydrogen-bond donors (Lipinski definition) is 1. The molecule has 0 heterocycles. The molecule has 0 bridgehead atoms. The van der Waals surface area contributed by atoms with Crippen LogP contribution >= 0.6 is 0 Å². The van der Waals surface area contributed by atoms with Gasteiger partial charge in [0.1, 0.15) is 0 Å². The van der Waals surface area contributed by atoms with E-state index in [-0.39, 0.29) is 0 Å². The van der Waals surface area contributed by atoms with Crippen molar-refractivity contribution in [1.82, 2.24) is 0 Å². The number of aliphatic hydroxyl groups is 1. The SMILES string of the molecule is C=C1CCC(C)(CC)CC1.CO. The summed E-state index contributed by atoms with van der Waals surface area (Å²) in [5, 5.41) is 7.00. The van der Waals surface area contributed by atoms with Crippen LogP contribution in [0.25, 0.3) is 0 Å². The predicted octanol–water partition coefficient (Wildman–Crippen LogP) is 3.14. The van der Waals surface area contributed by atoms with E-state index in [4.69, 9.17) is 5.11 Å². The number of aliphatic hydroxyl groups excluding tert-OH is 1. The summed E-state index contributed by atoms with van der Waals surface area (Å²) in [6.45, 7) is 8.72. The molecule has 1 rings (SSSR count). The van der Waals surface area contributed by atoms with E-state index in [0.717, 1.165) is 7.11 Å². The zero-order chi connectivity index (χ0) is 9.61. The normalized spacial score (nSPS) is 21.2. The summed E-state index contributed by atoms with van der Waals surface area (Å²) >= 11 is 0. The van der Waals surface area contributed by atoms with Crippen LogP contribution in [0.1, 0.15) is 46.0 Å². The van der Waals surface area contributed by atoms with Gasteiger partial charge in [0.15, 0.2) is 0 Å². The summed E-state index contributed by atoms with van der Waals surface area (Å²) in [6.07, 6.45) is 6.60. The molecule has 0 aliphatic heterocycles. The molecule has 0 aromatic rings. The highest BCUT2D eigenvalue weighted by atomic mass is 16.2. The molecule has 0 aromatic heterocycles. The number of hydrogen-bond acceptors (Lipinski definition) is 1. The molecule has 0 spiro atoms. The van der Waals surface area contributed by atoms with Crippen molar-refractivity contribution in [3.8, 4) is 0 Å². The molecule has 0 radical (unpaired) electrons. The molecule has 12 heavy (non-hydrogen) atoms. The molecule has 0 aromatic carbocycles. The number of allylic oxidation sites excluding steroid dienone is 1. The van der Waals surface area contributed by atoms with Crippen molar-refractivity contribution in [3.63, 3.8) is 0 Å². The van der Waals surface area contributed by atoms with E-state index in [9.17, 15) is 0 Å². The molecule has 1 heteroatoms. The maximum absolute atomic E-state index is 7.00. The third-order valence-corrected chi connectivity index (χ3v) is 3.02. The molecule has 0 amide bonds. The molecule has 1 fully saturated rings. The van der Waals surface area contributed by atoms with Gasteiger partial charge in [-0.1, -0.05) is 32.4 Å². The minimum Gasteiger partial charge on any atom is -0.400 e. The molecule has 1 N–H and O–H groups in total. The van der Waals surface area contributed by atoms with E-state index >= 15 is 0 Å². The van der Waals surface area contributed by atoms with Gasteiger partial charge in [0.05, 0.1) is 0 Å². The topological polar surface area (TPSA) is 20.2 Å². The Kier molecular flexibility index (Phi) is 5.23. The van der Waals surface area contributed by atoms with Crippen molar-refractivity contribution < 1.29 is 5.11 Å². The Morgan fingerprint density at radius 1 is 1.33 bits per heavy atom. The first-order chi connectivity index (χ1) is 5.66. The molecule has 72 valence electrons. The Balaban J connectivity index is 0.000000561. The summed E-state index contributed by atoms with van der Waals surface area (Å²) in [4.78, 5) is 0. The van der Waals surface area contributed by atoms with Gasteiger partial charge in [-0.3, -0.25) is 0 Å². The summed E-state index contributed by atoms with van der Waals surface area (Å²) in [7, 11) is 1.00. The Bertz CT molecular complexity index is 128. The average Bonchev–Trinajstić information content (AvgIpc) is 2.14. The third kappa shape index (κ3) is 3.40. The molecule has 0 saturated heterocycles. The Labute approximate surface area is 76.5 Å². The first-order valence-electron chi connectivity index (χ1n) is 4.78. The maximum atomic E-state index is 7.00. The molecule has 1 aliphatic rings. The van der Waals surface area contributed by atoms with Gasteiger partial charge in [0.2, 0.25) is 0 Å². The van der Waals surface area contributed by atoms with Crippen molar-refractivity contribution in [2.24, 2.45) is 5.41 Å². The number of rotatable bonds is 1.